The normalized spacial score (nSPS) is 17.6. The van der Waals surface area contributed by atoms with Crippen LogP contribution in [0.5, 0.6) is 0 Å². The number of fused-ring (bicyclic) bond motifs is 1. The van der Waals surface area contributed by atoms with E-state index in [0.29, 0.717) is 11.1 Å². The van der Waals surface area contributed by atoms with Gasteiger partial charge in [-0.15, -0.1) is 0 Å². The number of carboxylic acids is 1. The maximum Gasteiger partial charge on any atom is 0.494 e. The molecule has 1 amide bonds. The van der Waals surface area contributed by atoms with Crippen LogP contribution < -0.4 is 10.8 Å². The predicted molar refractivity (Wildman–Crippen MR) is 126 cm³/mol. The minimum absolute atomic E-state index is 0.142. The van der Waals surface area contributed by atoms with E-state index in [0.717, 1.165) is 16.4 Å². The third-order valence-electron chi connectivity index (χ3n) is 6.43. The number of nitrogens with zero attached hydrogens (tertiary/aromatic N) is 1. The van der Waals surface area contributed by atoms with E-state index in [1.165, 1.54) is 0 Å². The minimum Gasteiger partial charge on any atom is -0.480 e. The summed E-state index contributed by atoms with van der Waals surface area (Å²) in [4.78, 5) is 29.0. The summed E-state index contributed by atoms with van der Waals surface area (Å²) in [5.41, 5.74) is 1.63. The molecule has 1 aliphatic heterocycles. The van der Waals surface area contributed by atoms with Crippen molar-refractivity contribution in [3.8, 4) is 0 Å². The van der Waals surface area contributed by atoms with Crippen LogP contribution in [0.15, 0.2) is 60.8 Å². The number of benzene rings is 2. The zero-order valence-electron chi connectivity index (χ0n) is 19.2. The summed E-state index contributed by atoms with van der Waals surface area (Å²) in [7, 11) is -0.488. The van der Waals surface area contributed by atoms with Crippen molar-refractivity contribution in [2.45, 2.75) is 51.4 Å². The summed E-state index contributed by atoms with van der Waals surface area (Å²) in [6.45, 7) is 7.97. The zero-order valence-corrected chi connectivity index (χ0v) is 19.2. The molecule has 1 saturated heterocycles. The van der Waals surface area contributed by atoms with Crippen molar-refractivity contribution in [1.29, 1.82) is 0 Å². The maximum absolute atomic E-state index is 12.9. The highest BCUT2D eigenvalue weighted by Gasteiger charge is 2.51. The van der Waals surface area contributed by atoms with E-state index in [2.05, 4.69) is 10.3 Å². The third-order valence-corrected chi connectivity index (χ3v) is 6.43. The van der Waals surface area contributed by atoms with Gasteiger partial charge in [-0.05, 0) is 50.9 Å². The minimum atomic E-state index is -1.11. The summed E-state index contributed by atoms with van der Waals surface area (Å²) in [5, 5.41) is 13.2. The summed E-state index contributed by atoms with van der Waals surface area (Å²) in [6, 6.07) is 15.2. The number of aliphatic carboxylic acids is 1. The van der Waals surface area contributed by atoms with E-state index in [1.54, 1.807) is 24.4 Å². The van der Waals surface area contributed by atoms with Gasteiger partial charge in [0, 0.05) is 18.0 Å². The molecule has 0 aliphatic carbocycles. The van der Waals surface area contributed by atoms with E-state index >= 15 is 0 Å². The Bertz CT molecular complexity index is 1170. The van der Waals surface area contributed by atoms with Gasteiger partial charge in [-0.3, -0.25) is 9.78 Å². The lowest BCUT2D eigenvalue weighted by Gasteiger charge is -2.32. The van der Waals surface area contributed by atoms with Crippen LogP contribution in [0.25, 0.3) is 10.9 Å². The molecule has 0 radical (unpaired) electrons. The van der Waals surface area contributed by atoms with E-state index in [-0.39, 0.29) is 6.42 Å². The van der Waals surface area contributed by atoms with Gasteiger partial charge in [0.25, 0.3) is 5.91 Å². The lowest BCUT2D eigenvalue weighted by molar-refractivity contribution is -0.139. The molecule has 7 nitrogen and oxygen atoms in total. The van der Waals surface area contributed by atoms with E-state index < -0.39 is 36.2 Å². The Balaban J connectivity index is 1.47. The lowest BCUT2D eigenvalue weighted by atomic mass is 9.78. The second-order valence-electron chi connectivity index (χ2n) is 9.28. The van der Waals surface area contributed by atoms with Gasteiger partial charge in [0.05, 0.1) is 22.3 Å². The van der Waals surface area contributed by atoms with Gasteiger partial charge < -0.3 is 19.7 Å². The fraction of sp³-hybridized carbons (Fsp3) is 0.320. The van der Waals surface area contributed by atoms with Crippen molar-refractivity contribution in [3.05, 3.63) is 71.9 Å². The number of rotatable bonds is 6. The number of aromatic nitrogens is 1. The number of amides is 1. The van der Waals surface area contributed by atoms with Crippen molar-refractivity contribution in [1.82, 2.24) is 10.3 Å². The Labute approximate surface area is 193 Å². The Morgan fingerprint density at radius 3 is 2.27 bits per heavy atom. The number of carboxylic acid groups (broad SMARTS) is 1. The Morgan fingerprint density at radius 2 is 1.64 bits per heavy atom. The SMILES string of the molecule is CC1(C)OB(c2ccc(C[C@@H](NC(=O)c3cccc4cccnc34)C(=O)O)cc2)OC1(C)C. The van der Waals surface area contributed by atoms with Crippen molar-refractivity contribution >= 4 is 35.4 Å². The first-order valence-corrected chi connectivity index (χ1v) is 10.9. The standard InChI is InChI=1S/C25H27BN2O5/c1-24(2)25(3,4)33-26(32-24)18-12-10-16(11-13-18)15-20(23(30)31)28-22(29)19-9-5-7-17-8-6-14-27-21(17)19/h5-14,20H,15H2,1-4H3,(H,28,29)(H,30,31)/t20-/m1/s1. The smallest absolute Gasteiger partial charge is 0.480 e. The van der Waals surface area contributed by atoms with E-state index in [1.807, 2.05) is 64.1 Å². The van der Waals surface area contributed by atoms with Gasteiger partial charge in [-0.2, -0.15) is 0 Å². The zero-order chi connectivity index (χ0) is 23.8. The largest absolute Gasteiger partial charge is 0.494 e. The van der Waals surface area contributed by atoms with Crippen LogP contribution in [0.1, 0.15) is 43.6 Å². The summed E-state index contributed by atoms with van der Waals surface area (Å²) < 4.78 is 12.1. The molecule has 0 unspecified atom stereocenters. The first-order valence-electron chi connectivity index (χ1n) is 10.9. The van der Waals surface area contributed by atoms with Crippen LogP contribution >= 0.6 is 0 Å². The summed E-state index contributed by atoms with van der Waals surface area (Å²) in [6.07, 6.45) is 1.75. The highest BCUT2D eigenvalue weighted by Crippen LogP contribution is 2.36. The third kappa shape index (κ3) is 4.63. The molecule has 2 aromatic carbocycles. The molecule has 2 heterocycles. The molecule has 0 spiro atoms. The van der Waals surface area contributed by atoms with Crippen LogP contribution in [0.4, 0.5) is 0 Å². The van der Waals surface area contributed by atoms with Gasteiger partial charge in [0.2, 0.25) is 0 Å². The Kier molecular flexibility index (Phi) is 5.99. The van der Waals surface area contributed by atoms with E-state index in [4.69, 9.17) is 9.31 Å². The molecule has 0 bridgehead atoms. The average molecular weight is 446 g/mol. The molecule has 2 N–H and O–H groups in total. The Hall–Kier alpha value is -3.23. The molecular formula is C25H27BN2O5. The number of hydrogen-bond acceptors (Lipinski definition) is 5. The molecule has 8 heteroatoms. The highest BCUT2D eigenvalue weighted by atomic mass is 16.7. The first kappa shape index (κ1) is 23.0. The molecule has 33 heavy (non-hydrogen) atoms. The molecule has 1 aliphatic rings. The van der Waals surface area contributed by atoms with E-state index in [9.17, 15) is 14.7 Å². The van der Waals surface area contributed by atoms with Gasteiger partial charge in [-0.25, -0.2) is 4.79 Å². The number of pyridine rings is 1. The van der Waals surface area contributed by atoms with Crippen LogP contribution in [0.3, 0.4) is 0 Å². The second-order valence-corrected chi connectivity index (χ2v) is 9.28. The molecule has 1 fully saturated rings. The molecule has 1 atom stereocenters. The molecular weight excluding hydrogens is 419 g/mol. The van der Waals surface area contributed by atoms with Crippen LogP contribution in [-0.4, -0.2) is 46.3 Å². The average Bonchev–Trinajstić information content (AvgIpc) is 3.00. The fourth-order valence-corrected chi connectivity index (χ4v) is 3.75. The van der Waals surface area contributed by atoms with Crippen molar-refractivity contribution in [2.75, 3.05) is 0 Å². The number of carbonyl (C=O) groups is 2. The van der Waals surface area contributed by atoms with Crippen molar-refractivity contribution in [3.63, 3.8) is 0 Å². The van der Waals surface area contributed by atoms with Crippen molar-refractivity contribution < 1.29 is 24.0 Å². The van der Waals surface area contributed by atoms with Crippen molar-refractivity contribution in [2.24, 2.45) is 0 Å². The topological polar surface area (TPSA) is 97.8 Å². The Morgan fingerprint density at radius 1 is 1.00 bits per heavy atom. The van der Waals surface area contributed by atoms with Crippen LogP contribution in [0, 0.1) is 0 Å². The summed E-state index contributed by atoms with van der Waals surface area (Å²) in [5.74, 6) is -1.58. The molecule has 3 aromatic rings. The van der Waals surface area contributed by atoms with Crippen LogP contribution in [-0.2, 0) is 20.5 Å². The number of hydrogen-bond donors (Lipinski definition) is 2. The van der Waals surface area contributed by atoms with Gasteiger partial charge in [0.1, 0.15) is 6.04 Å². The number of para-hydroxylation sites is 1. The summed E-state index contributed by atoms with van der Waals surface area (Å²) >= 11 is 0. The van der Waals surface area contributed by atoms with Gasteiger partial charge in [0.15, 0.2) is 0 Å². The number of carbonyl (C=O) groups excluding carboxylic acids is 1. The molecule has 1 aromatic heterocycles. The maximum atomic E-state index is 12.9. The highest BCUT2D eigenvalue weighted by molar-refractivity contribution is 6.62. The fourth-order valence-electron chi connectivity index (χ4n) is 3.75. The van der Waals surface area contributed by atoms with Gasteiger partial charge >= 0.3 is 13.1 Å². The molecule has 4 rings (SSSR count). The molecule has 170 valence electrons. The quantitative estimate of drug-likeness (QED) is 0.566. The second kappa shape index (κ2) is 8.61. The molecule has 0 saturated carbocycles. The van der Waals surface area contributed by atoms with Crippen LogP contribution in [0.2, 0.25) is 0 Å². The first-order chi connectivity index (χ1) is 15.6. The monoisotopic (exact) mass is 446 g/mol. The lowest BCUT2D eigenvalue weighted by Crippen LogP contribution is -2.42. The predicted octanol–water partition coefficient (Wildman–Crippen LogP) is 2.96. The van der Waals surface area contributed by atoms with Gasteiger partial charge in [-0.1, -0.05) is 42.5 Å². The number of nitrogens with one attached hydrogen (secondary N) is 1.